The molecule has 6 nitrogen and oxygen atoms in total. The van der Waals surface area contributed by atoms with Crippen LogP contribution >= 0.6 is 11.8 Å². The zero-order valence-corrected chi connectivity index (χ0v) is 17.9. The lowest BCUT2D eigenvalue weighted by atomic mass is 10.1. The van der Waals surface area contributed by atoms with Crippen molar-refractivity contribution in [3.05, 3.63) is 59.7 Å². The van der Waals surface area contributed by atoms with Gasteiger partial charge in [-0.15, -0.1) is 11.8 Å². The molecule has 0 radical (unpaired) electrons. The van der Waals surface area contributed by atoms with E-state index in [1.165, 1.54) is 5.56 Å². The average molecular weight is 423 g/mol. The molecule has 2 aliphatic rings. The smallest absolute Gasteiger partial charge is 0.195 e. The number of ether oxygens (including phenoxy) is 2. The van der Waals surface area contributed by atoms with Crippen LogP contribution in [0.5, 0.6) is 5.75 Å². The van der Waals surface area contributed by atoms with E-state index in [2.05, 4.69) is 52.0 Å². The highest BCUT2D eigenvalue weighted by Crippen LogP contribution is 2.31. The van der Waals surface area contributed by atoms with E-state index in [9.17, 15) is 0 Å². The van der Waals surface area contributed by atoms with Gasteiger partial charge in [-0.2, -0.15) is 0 Å². The van der Waals surface area contributed by atoms with Crippen LogP contribution in [0.3, 0.4) is 0 Å². The standard InChI is InChI=1S/C23H26N4O2S/c1-28-13-14-29-20-9-5-18(6-10-20)21-16-30-22(27-21)15-17-3-7-19(8-4-17)26-23-24-11-2-12-25-23/h3-5,7-9,21H,2,11-16H2,1H3,(H2,24,25,26). The highest BCUT2D eigenvalue weighted by atomic mass is 32.2. The fourth-order valence-electron chi connectivity index (χ4n) is 3.21. The van der Waals surface area contributed by atoms with Gasteiger partial charge in [-0.25, -0.2) is 0 Å². The maximum absolute atomic E-state index is 5.55. The number of nitrogens with one attached hydrogen (secondary N) is 2. The van der Waals surface area contributed by atoms with Crippen LogP contribution in [0.2, 0.25) is 0 Å². The zero-order chi connectivity index (χ0) is 20.6. The molecular weight excluding hydrogens is 396 g/mol. The summed E-state index contributed by atoms with van der Waals surface area (Å²) in [5.41, 5.74) is 3.35. The molecule has 0 fully saturated rings. The third kappa shape index (κ3) is 5.68. The topological polar surface area (TPSA) is 67.2 Å². The number of hydrogen-bond donors (Lipinski definition) is 2. The van der Waals surface area contributed by atoms with Gasteiger partial charge in [-0.3, -0.25) is 9.98 Å². The molecular formula is C23H26N4O2S. The van der Waals surface area contributed by atoms with Crippen molar-refractivity contribution in [3.8, 4) is 5.75 Å². The Hall–Kier alpha value is -2.69. The fraction of sp³-hybridized carbons (Fsp3) is 0.391. The minimum atomic E-state index is 0.130. The molecule has 30 heavy (non-hydrogen) atoms. The van der Waals surface area contributed by atoms with Crippen molar-refractivity contribution in [2.45, 2.75) is 18.9 Å². The van der Waals surface area contributed by atoms with Crippen LogP contribution in [0.25, 0.3) is 0 Å². The molecule has 1 atom stereocenters. The maximum Gasteiger partial charge on any atom is 0.195 e. The van der Waals surface area contributed by atoms with Gasteiger partial charge in [0.2, 0.25) is 0 Å². The van der Waals surface area contributed by atoms with Crippen molar-refractivity contribution in [3.63, 3.8) is 0 Å². The number of aliphatic imine (C=N–C) groups is 2. The minimum absolute atomic E-state index is 0.130. The van der Waals surface area contributed by atoms with E-state index in [1.807, 2.05) is 23.9 Å². The maximum atomic E-state index is 5.55. The van der Waals surface area contributed by atoms with Crippen LogP contribution in [0.4, 0.5) is 5.69 Å². The van der Waals surface area contributed by atoms with E-state index >= 15 is 0 Å². The summed E-state index contributed by atoms with van der Waals surface area (Å²) in [5.74, 6) is 2.48. The number of anilines is 1. The van der Waals surface area contributed by atoms with Gasteiger partial charge in [0, 0.05) is 43.6 Å². The van der Waals surface area contributed by atoms with Crippen molar-refractivity contribution in [2.75, 3.05) is 44.5 Å². The van der Waals surface area contributed by atoms with Crippen molar-refractivity contribution in [1.82, 2.24) is 5.32 Å². The molecule has 2 aromatic carbocycles. The lowest BCUT2D eigenvalue weighted by Gasteiger charge is -2.16. The molecule has 2 heterocycles. The Labute approximate surface area is 182 Å². The van der Waals surface area contributed by atoms with Gasteiger partial charge in [0.25, 0.3) is 0 Å². The predicted octanol–water partition coefficient (Wildman–Crippen LogP) is 3.50. The van der Waals surface area contributed by atoms with Crippen molar-refractivity contribution in [1.29, 1.82) is 0 Å². The molecule has 0 aliphatic carbocycles. The third-order valence-corrected chi connectivity index (χ3v) is 5.89. The summed E-state index contributed by atoms with van der Waals surface area (Å²) in [6.07, 6.45) is 1.94. The van der Waals surface area contributed by atoms with Gasteiger partial charge in [0.15, 0.2) is 11.7 Å². The second kappa shape index (κ2) is 10.4. The molecule has 156 valence electrons. The van der Waals surface area contributed by atoms with E-state index in [-0.39, 0.29) is 6.04 Å². The third-order valence-electron chi connectivity index (χ3n) is 4.83. The molecule has 0 saturated heterocycles. The van der Waals surface area contributed by atoms with Crippen molar-refractivity contribution >= 4 is 28.5 Å². The van der Waals surface area contributed by atoms with Crippen LogP contribution in [-0.2, 0) is 11.2 Å². The number of methoxy groups -OCH3 is 1. The zero-order valence-electron chi connectivity index (χ0n) is 17.1. The van der Waals surface area contributed by atoms with Crippen molar-refractivity contribution in [2.24, 2.45) is 9.98 Å². The van der Waals surface area contributed by atoms with Gasteiger partial charge in [-0.05, 0) is 42.3 Å². The number of rotatable bonds is 8. The van der Waals surface area contributed by atoms with Crippen LogP contribution in [0, 0.1) is 12.1 Å². The number of benzene rings is 1. The van der Waals surface area contributed by atoms with Crippen LogP contribution in [0.15, 0.2) is 46.4 Å². The number of guanidine groups is 1. The highest BCUT2D eigenvalue weighted by Gasteiger charge is 2.20. The van der Waals surface area contributed by atoms with E-state index in [4.69, 9.17) is 14.5 Å². The highest BCUT2D eigenvalue weighted by molar-refractivity contribution is 8.14. The second-order valence-corrected chi connectivity index (χ2v) is 8.20. The molecule has 0 bridgehead atoms. The lowest BCUT2D eigenvalue weighted by Crippen LogP contribution is -2.35. The first-order chi connectivity index (χ1) is 14.8. The number of thioether (sulfide) groups is 1. The molecule has 2 aromatic rings. The normalized spacial score (nSPS) is 18.1. The average Bonchev–Trinajstić information content (AvgIpc) is 3.25. The Balaban J connectivity index is 1.31. The molecule has 2 N–H and O–H groups in total. The van der Waals surface area contributed by atoms with Gasteiger partial charge < -0.3 is 20.1 Å². The van der Waals surface area contributed by atoms with Crippen LogP contribution in [-0.4, -0.2) is 50.2 Å². The lowest BCUT2D eigenvalue weighted by molar-refractivity contribution is 0.146. The molecule has 1 unspecified atom stereocenters. The Kier molecular flexibility index (Phi) is 7.11. The van der Waals surface area contributed by atoms with E-state index in [1.54, 1.807) is 7.11 Å². The summed E-state index contributed by atoms with van der Waals surface area (Å²) in [4.78, 5) is 9.34. The van der Waals surface area contributed by atoms with E-state index in [0.29, 0.717) is 19.0 Å². The van der Waals surface area contributed by atoms with Gasteiger partial charge in [0.1, 0.15) is 6.61 Å². The van der Waals surface area contributed by atoms with Crippen LogP contribution in [0.1, 0.15) is 23.6 Å². The Morgan fingerprint density at radius 1 is 1.17 bits per heavy atom. The Morgan fingerprint density at radius 2 is 2.07 bits per heavy atom. The van der Waals surface area contributed by atoms with E-state index < -0.39 is 0 Å². The molecule has 7 heteroatoms. The summed E-state index contributed by atoms with van der Waals surface area (Å²) in [5, 5.41) is 7.76. The molecule has 0 spiro atoms. The largest absolute Gasteiger partial charge is 0.483 e. The van der Waals surface area contributed by atoms with Gasteiger partial charge in [0.05, 0.1) is 17.7 Å². The molecule has 0 amide bonds. The molecule has 0 saturated carbocycles. The monoisotopic (exact) mass is 422 g/mol. The summed E-state index contributed by atoms with van der Waals surface area (Å²) < 4.78 is 10.5. The summed E-state index contributed by atoms with van der Waals surface area (Å²) in [6, 6.07) is 18.8. The van der Waals surface area contributed by atoms with Gasteiger partial charge in [-0.1, -0.05) is 18.2 Å². The minimum Gasteiger partial charge on any atom is -0.483 e. The van der Waals surface area contributed by atoms with Crippen LogP contribution < -0.4 is 15.4 Å². The molecule has 2 aliphatic heterocycles. The quantitative estimate of drug-likeness (QED) is 0.638. The second-order valence-electron chi connectivity index (χ2n) is 7.10. The molecule has 4 rings (SSSR count). The SMILES string of the molecule is COCCOc1c#cc(C2CSC(Cc3ccc(NC4=NCCCN4)cc3)=N2)cc1. The molecule has 0 aromatic heterocycles. The first kappa shape index (κ1) is 20.6. The summed E-state index contributed by atoms with van der Waals surface area (Å²) in [7, 11) is 1.66. The summed E-state index contributed by atoms with van der Waals surface area (Å²) >= 11 is 1.82. The number of nitrogens with zero attached hydrogens (tertiary/aromatic N) is 2. The van der Waals surface area contributed by atoms with E-state index in [0.717, 1.165) is 53.9 Å². The predicted molar refractivity (Wildman–Crippen MR) is 123 cm³/mol. The summed E-state index contributed by atoms with van der Waals surface area (Å²) in [6.45, 7) is 2.93. The van der Waals surface area contributed by atoms with Crippen molar-refractivity contribution < 1.29 is 9.47 Å². The first-order valence-electron chi connectivity index (χ1n) is 10.2. The van der Waals surface area contributed by atoms with Gasteiger partial charge >= 0.3 is 0 Å². The first-order valence-corrected chi connectivity index (χ1v) is 11.2. The number of hydrogen-bond acceptors (Lipinski definition) is 7. The Bertz CT molecular complexity index is 881. The fourth-order valence-corrected chi connectivity index (χ4v) is 4.28. The Morgan fingerprint density at radius 3 is 2.80 bits per heavy atom.